The molecule has 1 heterocycles. The third-order valence-corrected chi connectivity index (χ3v) is 5.74. The highest BCUT2D eigenvalue weighted by molar-refractivity contribution is 6.12. The fourth-order valence-electron chi connectivity index (χ4n) is 3.49. The van der Waals surface area contributed by atoms with E-state index in [1.807, 2.05) is 45.0 Å². The van der Waals surface area contributed by atoms with Crippen LogP contribution in [0.4, 0.5) is 27.5 Å². The third kappa shape index (κ3) is 9.20. The quantitative estimate of drug-likeness (QED) is 0.292. The number of rotatable bonds is 5. The zero-order valence-corrected chi connectivity index (χ0v) is 23.7. The molecular weight excluding hydrogens is 526 g/mol. The predicted molar refractivity (Wildman–Crippen MR) is 160 cm³/mol. The summed E-state index contributed by atoms with van der Waals surface area (Å²) in [5, 5.41) is 18.6. The lowest BCUT2D eigenvalue weighted by atomic mass is 10.1. The third-order valence-electron chi connectivity index (χ3n) is 5.74. The highest BCUT2D eigenvalue weighted by atomic mass is 16.4. The Morgan fingerprint density at radius 2 is 1.49 bits per heavy atom. The number of nitrogens with one attached hydrogen (secondary N) is 4. The van der Waals surface area contributed by atoms with Gasteiger partial charge in [0.15, 0.2) is 0 Å². The fraction of sp³-hybridized carbons (Fsp3) is 0.233. The molecule has 0 saturated carbocycles. The van der Waals surface area contributed by atoms with Gasteiger partial charge in [-0.05, 0) is 61.0 Å². The number of carboxylic acids is 1. The smallest absolute Gasteiger partial charge is 0.323 e. The van der Waals surface area contributed by atoms with Crippen LogP contribution in [-0.2, 0) is 9.59 Å². The van der Waals surface area contributed by atoms with Crippen LogP contribution in [0.15, 0.2) is 66.7 Å². The molecule has 11 nitrogen and oxygen atoms in total. The SMILES string of the molecule is CC.CCC(=O)O.Cc1ccccc1NC(=O)Nc1ccc(NC(=O)c2ccc3c(c2)C(=O)NCC(=O)N3C)cc1. The van der Waals surface area contributed by atoms with Crippen molar-refractivity contribution in [1.29, 1.82) is 0 Å². The van der Waals surface area contributed by atoms with E-state index in [9.17, 15) is 24.0 Å². The van der Waals surface area contributed by atoms with Crippen LogP contribution < -0.4 is 26.2 Å². The van der Waals surface area contributed by atoms with Gasteiger partial charge in [-0.15, -0.1) is 0 Å². The van der Waals surface area contributed by atoms with Crippen LogP contribution in [0.1, 0.15) is 53.5 Å². The Bertz CT molecular complexity index is 1400. The molecule has 0 spiro atoms. The number of hydrogen-bond acceptors (Lipinski definition) is 5. The molecule has 1 aliphatic rings. The molecule has 3 aromatic carbocycles. The second-order valence-electron chi connectivity index (χ2n) is 8.54. The summed E-state index contributed by atoms with van der Waals surface area (Å²) in [7, 11) is 1.58. The van der Waals surface area contributed by atoms with E-state index in [4.69, 9.17) is 5.11 Å². The number of carbonyl (C=O) groups excluding carboxylic acids is 4. The molecule has 0 aliphatic carbocycles. The molecule has 5 amide bonds. The molecule has 1 aliphatic heterocycles. The van der Waals surface area contributed by atoms with Crippen molar-refractivity contribution in [1.82, 2.24) is 5.32 Å². The van der Waals surface area contributed by atoms with Crippen molar-refractivity contribution in [2.75, 3.05) is 34.4 Å². The van der Waals surface area contributed by atoms with Gasteiger partial charge in [-0.3, -0.25) is 19.2 Å². The number of benzene rings is 3. The van der Waals surface area contributed by atoms with Crippen molar-refractivity contribution in [3.63, 3.8) is 0 Å². The topological polar surface area (TPSA) is 157 Å². The summed E-state index contributed by atoms with van der Waals surface area (Å²) in [6.45, 7) is 7.40. The molecule has 0 unspecified atom stereocenters. The largest absolute Gasteiger partial charge is 0.481 e. The number of amides is 5. The van der Waals surface area contributed by atoms with Crippen LogP contribution in [0, 0.1) is 6.92 Å². The number of hydrogen-bond donors (Lipinski definition) is 5. The normalized spacial score (nSPS) is 11.7. The first-order valence-electron chi connectivity index (χ1n) is 13.0. The van der Waals surface area contributed by atoms with Crippen LogP contribution >= 0.6 is 0 Å². The average molecular weight is 562 g/mol. The molecule has 216 valence electrons. The van der Waals surface area contributed by atoms with E-state index in [0.29, 0.717) is 22.7 Å². The molecule has 0 aromatic heterocycles. The van der Waals surface area contributed by atoms with Crippen molar-refractivity contribution in [3.8, 4) is 0 Å². The Kier molecular flexibility index (Phi) is 12.0. The van der Waals surface area contributed by atoms with Gasteiger partial charge in [0, 0.05) is 36.1 Å². The summed E-state index contributed by atoms with van der Waals surface area (Å²) in [5.41, 5.74) is 3.70. The fourth-order valence-corrected chi connectivity index (χ4v) is 3.49. The van der Waals surface area contributed by atoms with Crippen LogP contribution in [0.25, 0.3) is 0 Å². The van der Waals surface area contributed by atoms with Gasteiger partial charge >= 0.3 is 12.0 Å². The van der Waals surface area contributed by atoms with E-state index in [-0.39, 0.29) is 36.0 Å². The van der Waals surface area contributed by atoms with Crippen molar-refractivity contribution in [2.24, 2.45) is 0 Å². The van der Waals surface area contributed by atoms with Crippen molar-refractivity contribution >= 4 is 52.5 Å². The number of nitrogens with zero attached hydrogens (tertiary/aromatic N) is 1. The van der Waals surface area contributed by atoms with Gasteiger partial charge in [0.25, 0.3) is 11.8 Å². The van der Waals surface area contributed by atoms with E-state index in [2.05, 4.69) is 21.3 Å². The van der Waals surface area contributed by atoms with Crippen LogP contribution in [0.3, 0.4) is 0 Å². The Balaban J connectivity index is 0.000000759. The van der Waals surface area contributed by atoms with E-state index in [1.54, 1.807) is 50.4 Å². The maximum atomic E-state index is 12.7. The first kappa shape index (κ1) is 32.0. The second kappa shape index (κ2) is 15.4. The monoisotopic (exact) mass is 561 g/mol. The molecular formula is C30H35N5O6. The number of carbonyl (C=O) groups is 5. The molecule has 0 fully saturated rings. The molecule has 0 saturated heterocycles. The van der Waals surface area contributed by atoms with E-state index in [0.717, 1.165) is 5.56 Å². The number of urea groups is 1. The average Bonchev–Trinajstić information content (AvgIpc) is 3.08. The maximum absolute atomic E-state index is 12.7. The van der Waals surface area contributed by atoms with Crippen LogP contribution in [-0.4, -0.2) is 48.4 Å². The molecule has 11 heteroatoms. The number of aryl methyl sites for hydroxylation is 1. The lowest BCUT2D eigenvalue weighted by Gasteiger charge is -2.16. The molecule has 0 bridgehead atoms. The number of likely N-dealkylation sites (N-methyl/N-ethyl adjacent to an activating group) is 1. The van der Waals surface area contributed by atoms with Gasteiger partial charge < -0.3 is 31.3 Å². The van der Waals surface area contributed by atoms with Gasteiger partial charge in [-0.25, -0.2) is 4.79 Å². The van der Waals surface area contributed by atoms with Gasteiger partial charge in [-0.2, -0.15) is 0 Å². The van der Waals surface area contributed by atoms with E-state index < -0.39 is 17.8 Å². The van der Waals surface area contributed by atoms with Crippen molar-refractivity contribution < 1.29 is 29.1 Å². The number of para-hydroxylation sites is 1. The second-order valence-corrected chi connectivity index (χ2v) is 8.54. The first-order valence-corrected chi connectivity index (χ1v) is 13.0. The zero-order valence-electron chi connectivity index (χ0n) is 23.7. The lowest BCUT2D eigenvalue weighted by Crippen LogP contribution is -2.33. The van der Waals surface area contributed by atoms with Gasteiger partial charge in [0.1, 0.15) is 0 Å². The zero-order chi connectivity index (χ0) is 30.5. The summed E-state index contributed by atoms with van der Waals surface area (Å²) in [5.74, 6) is -1.82. The number of carboxylic acid groups (broad SMARTS) is 1. The van der Waals surface area contributed by atoms with E-state index >= 15 is 0 Å². The summed E-state index contributed by atoms with van der Waals surface area (Å²) in [6.07, 6.45) is 0.222. The maximum Gasteiger partial charge on any atom is 0.323 e. The summed E-state index contributed by atoms with van der Waals surface area (Å²) in [6, 6.07) is 18.3. The molecule has 0 radical (unpaired) electrons. The molecule has 5 N–H and O–H groups in total. The minimum Gasteiger partial charge on any atom is -0.481 e. The standard InChI is InChI=1S/C25H23N5O4.C3H6O2.C2H6/c1-15-5-3-4-6-20(15)29-25(34)28-18-10-8-17(9-11-18)27-23(32)16-7-12-21-19(13-16)24(33)26-14-22(31)30(21)2;1-2-3(4)5;1-2/h3-13H,14H2,1-2H3,(H,26,33)(H,27,32)(H2,28,29,34);2H2,1H3,(H,4,5);1-2H3. The van der Waals surface area contributed by atoms with Crippen LogP contribution in [0.5, 0.6) is 0 Å². The number of aliphatic carboxylic acids is 1. The molecule has 3 aromatic rings. The first-order chi connectivity index (χ1) is 19.6. The highest BCUT2D eigenvalue weighted by Crippen LogP contribution is 2.24. The summed E-state index contributed by atoms with van der Waals surface area (Å²) >= 11 is 0. The Hall–Kier alpha value is -5.19. The number of fused-ring (bicyclic) bond motifs is 1. The Labute approximate surface area is 238 Å². The molecule has 41 heavy (non-hydrogen) atoms. The van der Waals surface area contributed by atoms with Gasteiger partial charge in [0.2, 0.25) is 5.91 Å². The predicted octanol–water partition coefficient (Wildman–Crippen LogP) is 5.10. The lowest BCUT2D eigenvalue weighted by molar-refractivity contribution is -0.136. The highest BCUT2D eigenvalue weighted by Gasteiger charge is 2.24. The van der Waals surface area contributed by atoms with Crippen molar-refractivity contribution in [2.45, 2.75) is 34.1 Å². The summed E-state index contributed by atoms with van der Waals surface area (Å²) in [4.78, 5) is 60.0. The molecule has 0 atom stereocenters. The minimum atomic E-state index is -0.745. The Morgan fingerprint density at radius 1 is 0.902 bits per heavy atom. The molecule has 4 rings (SSSR count). The Morgan fingerprint density at radius 3 is 2.07 bits per heavy atom. The van der Waals surface area contributed by atoms with E-state index in [1.165, 1.54) is 11.0 Å². The van der Waals surface area contributed by atoms with Crippen LogP contribution in [0.2, 0.25) is 0 Å². The summed E-state index contributed by atoms with van der Waals surface area (Å²) < 4.78 is 0. The van der Waals surface area contributed by atoms with Crippen molar-refractivity contribution in [3.05, 3.63) is 83.4 Å². The van der Waals surface area contributed by atoms with Gasteiger partial charge in [-0.1, -0.05) is 39.0 Å². The van der Waals surface area contributed by atoms with Gasteiger partial charge in [0.05, 0.1) is 17.8 Å². The number of anilines is 4. The minimum absolute atomic E-state index is 0.102.